The van der Waals surface area contributed by atoms with Crippen molar-refractivity contribution >= 4 is 28.6 Å². The Labute approximate surface area is 88.6 Å². The monoisotopic (exact) mass is 200 g/mol. The molecule has 0 aliphatic carbocycles. The van der Waals surface area contributed by atoms with Gasteiger partial charge in [-0.2, -0.15) is 0 Å². The Morgan fingerprint density at radius 3 is 2.64 bits per heavy atom. The summed E-state index contributed by atoms with van der Waals surface area (Å²) in [5.74, 6) is 0. The van der Waals surface area contributed by atoms with Crippen molar-refractivity contribution in [3.63, 3.8) is 0 Å². The molecule has 0 N–H and O–H groups in total. The number of rotatable bonds is 2. The van der Waals surface area contributed by atoms with Crippen molar-refractivity contribution in [1.82, 2.24) is 0 Å². The summed E-state index contributed by atoms with van der Waals surface area (Å²) < 4.78 is 0. The third kappa shape index (κ3) is 1.83. The van der Waals surface area contributed by atoms with Gasteiger partial charge in [0.15, 0.2) is 0 Å². The minimum absolute atomic E-state index is 1.29. The van der Waals surface area contributed by atoms with Crippen molar-refractivity contribution in [3.8, 4) is 0 Å². The summed E-state index contributed by atoms with van der Waals surface area (Å²) in [5.41, 5.74) is 1.29. The highest BCUT2D eigenvalue weighted by Gasteiger charge is 1.94. The molecular formula is C13H12S. The van der Waals surface area contributed by atoms with Gasteiger partial charge in [-0.25, -0.2) is 0 Å². The normalized spacial score (nSPS) is 11.2. The van der Waals surface area contributed by atoms with E-state index in [1.807, 2.05) is 0 Å². The van der Waals surface area contributed by atoms with Crippen LogP contribution in [0.3, 0.4) is 0 Å². The van der Waals surface area contributed by atoms with Crippen LogP contribution in [0.5, 0.6) is 0 Å². The largest absolute Gasteiger partial charge is 0.138 e. The molecule has 14 heavy (non-hydrogen) atoms. The summed E-state index contributed by atoms with van der Waals surface area (Å²) in [4.78, 5) is 0. The molecule has 0 atom stereocenters. The van der Waals surface area contributed by atoms with E-state index >= 15 is 0 Å². The minimum Gasteiger partial charge on any atom is -0.138 e. The zero-order chi connectivity index (χ0) is 9.80. The third-order valence-electron chi connectivity index (χ3n) is 2.21. The lowest BCUT2D eigenvalue weighted by atomic mass is 10.1. The molecule has 0 heterocycles. The van der Waals surface area contributed by atoms with Crippen molar-refractivity contribution in [1.29, 1.82) is 0 Å². The molecule has 2 aromatic carbocycles. The molecule has 0 saturated heterocycles. The van der Waals surface area contributed by atoms with Crippen LogP contribution in [-0.4, -0.2) is 6.26 Å². The zero-order valence-corrected chi connectivity index (χ0v) is 8.92. The average Bonchev–Trinajstić information content (AvgIpc) is 2.26. The first-order chi connectivity index (χ1) is 6.92. The second-order valence-electron chi connectivity index (χ2n) is 3.11. The Balaban J connectivity index is 2.59. The molecule has 2 aromatic rings. The molecule has 0 aromatic heterocycles. The quantitative estimate of drug-likeness (QED) is 0.701. The molecular weight excluding hydrogens is 188 g/mol. The van der Waals surface area contributed by atoms with Gasteiger partial charge in [-0.3, -0.25) is 0 Å². The zero-order valence-electron chi connectivity index (χ0n) is 8.10. The maximum absolute atomic E-state index is 2.16. The van der Waals surface area contributed by atoms with Crippen molar-refractivity contribution < 1.29 is 0 Å². The highest BCUT2D eigenvalue weighted by molar-refractivity contribution is 8.01. The van der Waals surface area contributed by atoms with Crippen molar-refractivity contribution in [2.75, 3.05) is 6.26 Å². The molecule has 0 amide bonds. The van der Waals surface area contributed by atoms with Gasteiger partial charge in [0, 0.05) is 0 Å². The number of benzene rings is 2. The molecule has 0 aliphatic rings. The molecule has 0 unspecified atom stereocenters. The Hall–Kier alpha value is -1.21. The summed E-state index contributed by atoms with van der Waals surface area (Å²) in [6.07, 6.45) is 4.23. The van der Waals surface area contributed by atoms with Crippen LogP contribution in [0.2, 0.25) is 0 Å². The van der Waals surface area contributed by atoms with E-state index in [2.05, 4.69) is 60.2 Å². The smallest absolute Gasteiger partial charge is 0.0111 e. The number of thioether (sulfide) groups is 1. The molecule has 0 radical (unpaired) electrons. The Morgan fingerprint density at radius 1 is 1.00 bits per heavy atom. The highest BCUT2D eigenvalue weighted by Crippen LogP contribution is 2.20. The summed E-state index contributed by atoms with van der Waals surface area (Å²) in [6, 6.07) is 14.9. The van der Waals surface area contributed by atoms with E-state index in [1.54, 1.807) is 11.8 Å². The molecule has 0 nitrogen and oxygen atoms in total. The van der Waals surface area contributed by atoms with Crippen LogP contribution in [0.4, 0.5) is 0 Å². The predicted octanol–water partition coefficient (Wildman–Crippen LogP) is 4.17. The van der Waals surface area contributed by atoms with Crippen LogP contribution in [0, 0.1) is 0 Å². The van der Waals surface area contributed by atoms with E-state index in [0.717, 1.165) is 0 Å². The fourth-order valence-corrected chi connectivity index (χ4v) is 1.82. The van der Waals surface area contributed by atoms with Crippen LogP contribution in [0.15, 0.2) is 47.9 Å². The second kappa shape index (κ2) is 4.34. The molecule has 70 valence electrons. The lowest BCUT2D eigenvalue weighted by Crippen LogP contribution is -1.76. The molecule has 0 saturated carbocycles. The van der Waals surface area contributed by atoms with Gasteiger partial charge in [0.2, 0.25) is 0 Å². The predicted molar refractivity (Wildman–Crippen MR) is 66.5 cm³/mol. The van der Waals surface area contributed by atoms with Gasteiger partial charge in [-0.15, -0.1) is 11.8 Å². The first kappa shape index (κ1) is 9.35. The SMILES string of the molecule is CS/C=C/c1cccc2ccccc12. The standard InChI is InChI=1S/C13H12S/c1-14-10-9-12-7-4-6-11-5-2-3-8-13(11)12/h2-10H,1H3/b10-9+. The van der Waals surface area contributed by atoms with Crippen molar-refractivity contribution in [2.45, 2.75) is 0 Å². The molecule has 0 spiro atoms. The van der Waals surface area contributed by atoms with Crippen LogP contribution in [0.1, 0.15) is 5.56 Å². The van der Waals surface area contributed by atoms with E-state index in [4.69, 9.17) is 0 Å². The first-order valence-corrected chi connectivity index (χ1v) is 5.88. The van der Waals surface area contributed by atoms with Gasteiger partial charge in [0.25, 0.3) is 0 Å². The summed E-state index contributed by atoms with van der Waals surface area (Å²) in [6.45, 7) is 0. The van der Waals surface area contributed by atoms with Gasteiger partial charge < -0.3 is 0 Å². The van der Waals surface area contributed by atoms with Gasteiger partial charge in [-0.05, 0) is 34.1 Å². The minimum atomic E-state index is 1.29. The van der Waals surface area contributed by atoms with E-state index in [-0.39, 0.29) is 0 Å². The van der Waals surface area contributed by atoms with E-state index in [0.29, 0.717) is 0 Å². The van der Waals surface area contributed by atoms with Crippen LogP contribution in [-0.2, 0) is 0 Å². The number of hydrogen-bond acceptors (Lipinski definition) is 1. The van der Waals surface area contributed by atoms with Crippen LogP contribution < -0.4 is 0 Å². The van der Waals surface area contributed by atoms with Gasteiger partial charge >= 0.3 is 0 Å². The Morgan fingerprint density at radius 2 is 1.79 bits per heavy atom. The first-order valence-electron chi connectivity index (χ1n) is 4.59. The molecule has 0 fully saturated rings. The maximum Gasteiger partial charge on any atom is -0.0111 e. The van der Waals surface area contributed by atoms with E-state index in [9.17, 15) is 0 Å². The number of hydrogen-bond donors (Lipinski definition) is 0. The van der Waals surface area contributed by atoms with Crippen molar-refractivity contribution in [2.24, 2.45) is 0 Å². The lowest BCUT2D eigenvalue weighted by Gasteiger charge is -2.00. The van der Waals surface area contributed by atoms with E-state index in [1.165, 1.54) is 16.3 Å². The summed E-state index contributed by atoms with van der Waals surface area (Å²) >= 11 is 1.72. The molecule has 0 aliphatic heterocycles. The van der Waals surface area contributed by atoms with Crippen LogP contribution >= 0.6 is 11.8 Å². The molecule has 1 heteroatoms. The lowest BCUT2D eigenvalue weighted by molar-refractivity contribution is 1.72. The highest BCUT2D eigenvalue weighted by atomic mass is 32.2. The number of fused-ring (bicyclic) bond motifs is 1. The van der Waals surface area contributed by atoms with Gasteiger partial charge in [-0.1, -0.05) is 42.5 Å². The van der Waals surface area contributed by atoms with Gasteiger partial charge in [0.05, 0.1) is 0 Å². The van der Waals surface area contributed by atoms with Gasteiger partial charge in [0.1, 0.15) is 0 Å². The fourth-order valence-electron chi connectivity index (χ4n) is 1.54. The average molecular weight is 200 g/mol. The Bertz CT molecular complexity index is 452. The summed E-state index contributed by atoms with van der Waals surface area (Å²) in [5, 5.41) is 4.73. The van der Waals surface area contributed by atoms with E-state index < -0.39 is 0 Å². The molecule has 0 bridgehead atoms. The maximum atomic E-state index is 2.16. The molecule has 2 rings (SSSR count). The third-order valence-corrected chi connectivity index (χ3v) is 2.62. The topological polar surface area (TPSA) is 0 Å². The summed E-state index contributed by atoms with van der Waals surface area (Å²) in [7, 11) is 0. The van der Waals surface area contributed by atoms with Crippen LogP contribution in [0.25, 0.3) is 16.8 Å². The second-order valence-corrected chi connectivity index (χ2v) is 3.85. The fraction of sp³-hybridized carbons (Fsp3) is 0.0769. The Kier molecular flexibility index (Phi) is 2.90. The van der Waals surface area contributed by atoms with Crippen molar-refractivity contribution in [3.05, 3.63) is 53.4 Å².